The molecule has 0 aliphatic carbocycles. The standard InChI is InChI=1S/C28H34N6O2/c1-19(2)9-14-25-26(18-35)33(16-15-20(3)4)28(36)34(25)17-21-10-12-22(13-11-21)23-7-5-6-8-24(23)27-29-31-32-30-27/h5-8,10-13,18-20H,9,14-17H2,1-4H3,(H,29,30,31,32). The molecule has 36 heavy (non-hydrogen) atoms. The predicted molar refractivity (Wildman–Crippen MR) is 141 cm³/mol. The molecule has 0 saturated carbocycles. The van der Waals surface area contributed by atoms with Gasteiger partial charge in [0.15, 0.2) is 6.29 Å². The van der Waals surface area contributed by atoms with Crippen molar-refractivity contribution in [1.29, 1.82) is 0 Å². The van der Waals surface area contributed by atoms with E-state index >= 15 is 0 Å². The van der Waals surface area contributed by atoms with E-state index in [1.807, 2.05) is 48.5 Å². The number of carbonyl (C=O) groups is 1. The van der Waals surface area contributed by atoms with Crippen LogP contribution in [0.1, 0.15) is 62.3 Å². The molecule has 0 amide bonds. The van der Waals surface area contributed by atoms with Crippen LogP contribution in [0.4, 0.5) is 0 Å². The van der Waals surface area contributed by atoms with E-state index < -0.39 is 0 Å². The highest BCUT2D eigenvalue weighted by Gasteiger charge is 2.20. The normalized spacial score (nSPS) is 11.5. The average molecular weight is 487 g/mol. The van der Waals surface area contributed by atoms with Crippen molar-refractivity contribution in [3.8, 4) is 22.5 Å². The lowest BCUT2D eigenvalue weighted by molar-refractivity contribution is 0.111. The third kappa shape index (κ3) is 5.53. The first-order valence-electron chi connectivity index (χ1n) is 12.6. The third-order valence-electron chi connectivity index (χ3n) is 6.49. The highest BCUT2D eigenvalue weighted by atomic mass is 16.2. The van der Waals surface area contributed by atoms with E-state index in [1.54, 1.807) is 9.13 Å². The van der Waals surface area contributed by atoms with Crippen molar-refractivity contribution in [1.82, 2.24) is 29.8 Å². The monoisotopic (exact) mass is 486 g/mol. The number of carbonyl (C=O) groups excluding carboxylic acids is 1. The lowest BCUT2D eigenvalue weighted by Gasteiger charge is -2.11. The Bertz CT molecular complexity index is 1350. The molecule has 2 heterocycles. The van der Waals surface area contributed by atoms with Gasteiger partial charge < -0.3 is 0 Å². The van der Waals surface area contributed by atoms with Gasteiger partial charge in [0.05, 0.1) is 12.2 Å². The van der Waals surface area contributed by atoms with Crippen molar-refractivity contribution >= 4 is 6.29 Å². The van der Waals surface area contributed by atoms with Gasteiger partial charge in [-0.1, -0.05) is 76.2 Å². The molecule has 4 aromatic rings. The summed E-state index contributed by atoms with van der Waals surface area (Å²) < 4.78 is 3.45. The first-order valence-corrected chi connectivity index (χ1v) is 12.6. The Hall–Kier alpha value is -3.81. The molecule has 1 N–H and O–H groups in total. The second-order valence-corrected chi connectivity index (χ2v) is 10.1. The summed E-state index contributed by atoms with van der Waals surface area (Å²) in [6.07, 6.45) is 3.32. The fourth-order valence-electron chi connectivity index (χ4n) is 4.42. The summed E-state index contributed by atoms with van der Waals surface area (Å²) in [6, 6.07) is 16.1. The third-order valence-corrected chi connectivity index (χ3v) is 6.49. The number of benzene rings is 2. The van der Waals surface area contributed by atoms with Gasteiger partial charge in [0.1, 0.15) is 5.69 Å². The first-order chi connectivity index (χ1) is 17.4. The molecule has 0 aliphatic rings. The molecule has 0 aliphatic heterocycles. The first kappa shape index (κ1) is 25.3. The number of hydrogen-bond donors (Lipinski definition) is 1. The summed E-state index contributed by atoms with van der Waals surface area (Å²) in [7, 11) is 0. The molecule has 0 saturated heterocycles. The Morgan fingerprint density at radius 3 is 2.22 bits per heavy atom. The van der Waals surface area contributed by atoms with Crippen LogP contribution in [-0.4, -0.2) is 36.0 Å². The number of tetrazole rings is 1. The minimum absolute atomic E-state index is 0.108. The summed E-state index contributed by atoms with van der Waals surface area (Å²) in [6.45, 7) is 9.54. The molecule has 0 bridgehead atoms. The lowest BCUT2D eigenvalue weighted by Crippen LogP contribution is -2.26. The van der Waals surface area contributed by atoms with Crippen LogP contribution in [0.15, 0.2) is 53.3 Å². The van der Waals surface area contributed by atoms with Crippen molar-refractivity contribution in [3.05, 3.63) is 76.0 Å². The van der Waals surface area contributed by atoms with Crippen LogP contribution < -0.4 is 5.69 Å². The Balaban J connectivity index is 1.67. The smallest absolute Gasteiger partial charge is 0.296 e. The maximum absolute atomic E-state index is 13.4. The maximum atomic E-state index is 13.4. The van der Waals surface area contributed by atoms with Crippen molar-refractivity contribution in [2.24, 2.45) is 11.8 Å². The number of aromatic nitrogens is 6. The summed E-state index contributed by atoms with van der Waals surface area (Å²) in [5, 5.41) is 14.4. The molecule has 8 nitrogen and oxygen atoms in total. The minimum Gasteiger partial charge on any atom is -0.296 e. The largest absolute Gasteiger partial charge is 0.329 e. The number of rotatable bonds is 11. The van der Waals surface area contributed by atoms with Gasteiger partial charge in [-0.25, -0.2) is 4.79 Å². The fraction of sp³-hybridized carbons (Fsp3) is 0.393. The zero-order valence-electron chi connectivity index (χ0n) is 21.4. The van der Waals surface area contributed by atoms with E-state index in [0.717, 1.165) is 47.1 Å². The SMILES string of the molecule is CC(C)CCc1c(C=O)n(CCC(C)C)c(=O)n1Cc1ccc(-c2ccccc2-c2nn[nH]n2)cc1. The van der Waals surface area contributed by atoms with Crippen molar-refractivity contribution in [2.75, 3.05) is 0 Å². The number of nitrogens with one attached hydrogen (secondary N) is 1. The van der Waals surface area contributed by atoms with E-state index in [9.17, 15) is 9.59 Å². The Labute approximate surface area is 211 Å². The van der Waals surface area contributed by atoms with E-state index in [1.165, 1.54) is 0 Å². The highest BCUT2D eigenvalue weighted by Crippen LogP contribution is 2.30. The van der Waals surface area contributed by atoms with E-state index in [2.05, 4.69) is 48.3 Å². The van der Waals surface area contributed by atoms with Gasteiger partial charge in [-0.15, -0.1) is 10.2 Å². The molecule has 4 rings (SSSR count). The minimum atomic E-state index is -0.108. The van der Waals surface area contributed by atoms with Crippen molar-refractivity contribution in [2.45, 2.75) is 60.0 Å². The second kappa shape index (κ2) is 11.3. The summed E-state index contributed by atoms with van der Waals surface area (Å²) in [5.74, 6) is 1.47. The van der Waals surface area contributed by atoms with E-state index in [0.29, 0.717) is 42.9 Å². The van der Waals surface area contributed by atoms with Gasteiger partial charge in [0, 0.05) is 12.1 Å². The summed E-state index contributed by atoms with van der Waals surface area (Å²) in [5.41, 5.74) is 5.16. The zero-order chi connectivity index (χ0) is 25.7. The molecule has 0 radical (unpaired) electrons. The van der Waals surface area contributed by atoms with Gasteiger partial charge in [-0.05, 0) is 53.0 Å². The van der Waals surface area contributed by atoms with Gasteiger partial charge >= 0.3 is 5.69 Å². The number of aromatic amines is 1. The predicted octanol–water partition coefficient (Wildman–Crippen LogP) is 4.99. The molecule has 0 atom stereocenters. The average Bonchev–Trinajstić information content (AvgIpc) is 3.49. The quantitative estimate of drug-likeness (QED) is 0.301. The maximum Gasteiger partial charge on any atom is 0.329 e. The number of aldehydes is 1. The molecular weight excluding hydrogens is 452 g/mol. The number of nitrogens with zero attached hydrogens (tertiary/aromatic N) is 5. The Kier molecular flexibility index (Phi) is 7.93. The molecule has 2 aromatic carbocycles. The van der Waals surface area contributed by atoms with Crippen LogP contribution in [0.3, 0.4) is 0 Å². The molecule has 8 heteroatoms. The van der Waals surface area contributed by atoms with Crippen molar-refractivity contribution < 1.29 is 4.79 Å². The zero-order valence-corrected chi connectivity index (χ0v) is 21.4. The highest BCUT2D eigenvalue weighted by molar-refractivity contribution is 5.80. The molecular formula is C28H34N6O2. The van der Waals surface area contributed by atoms with E-state index in [4.69, 9.17) is 0 Å². The molecule has 0 fully saturated rings. The molecule has 0 unspecified atom stereocenters. The summed E-state index contributed by atoms with van der Waals surface area (Å²) in [4.78, 5) is 25.5. The van der Waals surface area contributed by atoms with Crippen LogP contribution in [0.2, 0.25) is 0 Å². The second-order valence-electron chi connectivity index (χ2n) is 10.1. The van der Waals surface area contributed by atoms with Crippen molar-refractivity contribution in [3.63, 3.8) is 0 Å². The van der Waals surface area contributed by atoms with Crippen LogP contribution in [0.5, 0.6) is 0 Å². The van der Waals surface area contributed by atoms with Gasteiger partial charge in [-0.3, -0.25) is 13.9 Å². The molecule has 2 aromatic heterocycles. The van der Waals surface area contributed by atoms with Gasteiger partial charge in [0.25, 0.3) is 0 Å². The topological polar surface area (TPSA) is 98.5 Å². The van der Waals surface area contributed by atoms with Gasteiger partial charge in [-0.2, -0.15) is 5.21 Å². The molecule has 188 valence electrons. The lowest BCUT2D eigenvalue weighted by atomic mass is 9.98. The number of H-pyrrole nitrogens is 1. The van der Waals surface area contributed by atoms with Crippen LogP contribution in [-0.2, 0) is 19.5 Å². The Morgan fingerprint density at radius 1 is 0.917 bits per heavy atom. The van der Waals surface area contributed by atoms with Crippen LogP contribution in [0.25, 0.3) is 22.5 Å². The van der Waals surface area contributed by atoms with Crippen LogP contribution >= 0.6 is 0 Å². The number of imidazole rings is 1. The molecule has 0 spiro atoms. The Morgan fingerprint density at radius 2 is 1.61 bits per heavy atom. The van der Waals surface area contributed by atoms with E-state index in [-0.39, 0.29) is 5.69 Å². The number of hydrogen-bond acceptors (Lipinski definition) is 5. The van der Waals surface area contributed by atoms with Crippen LogP contribution in [0, 0.1) is 11.8 Å². The van der Waals surface area contributed by atoms with Gasteiger partial charge in [0.2, 0.25) is 5.82 Å². The fourth-order valence-corrected chi connectivity index (χ4v) is 4.42. The summed E-state index contributed by atoms with van der Waals surface area (Å²) >= 11 is 0.